The maximum Gasteiger partial charge on any atom is 0.434 e. The fourth-order valence-electron chi connectivity index (χ4n) is 3.12. The van der Waals surface area contributed by atoms with Crippen LogP contribution in [0.4, 0.5) is 17.6 Å². The van der Waals surface area contributed by atoms with E-state index in [-0.39, 0.29) is 17.1 Å². The molecule has 0 radical (unpaired) electrons. The molecule has 3 aromatic rings. The topological polar surface area (TPSA) is 94.8 Å². The van der Waals surface area contributed by atoms with Gasteiger partial charge in [0, 0.05) is 18.2 Å². The molecule has 1 atom stereocenters. The number of methoxy groups -OCH3 is 1. The molecule has 156 valence electrons. The Kier molecular flexibility index (Phi) is 4.84. The Balaban J connectivity index is 1.53. The quantitative estimate of drug-likeness (QED) is 0.650. The van der Waals surface area contributed by atoms with Crippen molar-refractivity contribution in [3.05, 3.63) is 53.6 Å². The van der Waals surface area contributed by atoms with Crippen molar-refractivity contribution >= 4 is 5.91 Å². The zero-order valence-corrected chi connectivity index (χ0v) is 15.4. The number of aryl methyl sites for hydroxylation is 1. The molecule has 8 nitrogen and oxygen atoms in total. The first-order valence-corrected chi connectivity index (χ1v) is 8.74. The molecule has 4 rings (SSSR count). The summed E-state index contributed by atoms with van der Waals surface area (Å²) in [5.41, 5.74) is -0.254. The molecule has 30 heavy (non-hydrogen) atoms. The molecule has 1 aliphatic rings. The van der Waals surface area contributed by atoms with Gasteiger partial charge in [-0.15, -0.1) is 0 Å². The molecule has 1 N–H and O–H groups in total. The van der Waals surface area contributed by atoms with E-state index in [1.807, 2.05) is 0 Å². The molecule has 0 saturated carbocycles. The second kappa shape index (κ2) is 7.35. The minimum atomic E-state index is -4.64. The van der Waals surface area contributed by atoms with Gasteiger partial charge in [-0.25, -0.2) is 19.3 Å². The van der Waals surface area contributed by atoms with Gasteiger partial charge in [-0.1, -0.05) is 0 Å². The van der Waals surface area contributed by atoms with Crippen LogP contribution in [0.5, 0.6) is 5.88 Å². The van der Waals surface area contributed by atoms with E-state index < -0.39 is 29.6 Å². The Morgan fingerprint density at radius 1 is 1.20 bits per heavy atom. The Morgan fingerprint density at radius 2 is 2.00 bits per heavy atom. The summed E-state index contributed by atoms with van der Waals surface area (Å²) in [5.74, 6) is -1.02. The van der Waals surface area contributed by atoms with Gasteiger partial charge in [0.25, 0.3) is 5.91 Å². The lowest BCUT2D eigenvalue weighted by Crippen LogP contribution is -2.28. The highest BCUT2D eigenvalue weighted by atomic mass is 19.4. The van der Waals surface area contributed by atoms with Gasteiger partial charge in [0.1, 0.15) is 5.69 Å². The molecule has 0 saturated heterocycles. The van der Waals surface area contributed by atoms with Crippen LogP contribution in [0.3, 0.4) is 0 Å². The summed E-state index contributed by atoms with van der Waals surface area (Å²) < 4.78 is 58.5. The molecule has 0 spiro atoms. The zero-order chi connectivity index (χ0) is 21.5. The number of nitrogens with zero attached hydrogens (tertiary/aromatic N) is 5. The number of aromatic nitrogens is 5. The van der Waals surface area contributed by atoms with E-state index >= 15 is 0 Å². The summed E-state index contributed by atoms with van der Waals surface area (Å²) in [6.07, 6.45) is -1.81. The van der Waals surface area contributed by atoms with Crippen LogP contribution in [-0.4, -0.2) is 37.7 Å². The number of hydrogen-bond acceptors (Lipinski definition) is 6. The summed E-state index contributed by atoms with van der Waals surface area (Å²) in [6, 6.07) is 2.59. The van der Waals surface area contributed by atoms with Crippen LogP contribution in [0.15, 0.2) is 30.7 Å². The number of halogens is 4. The lowest BCUT2D eigenvalue weighted by Gasteiger charge is -2.12. The van der Waals surface area contributed by atoms with Crippen molar-refractivity contribution in [2.75, 3.05) is 7.11 Å². The van der Waals surface area contributed by atoms with Gasteiger partial charge < -0.3 is 10.1 Å². The molecule has 4 heterocycles. The molecule has 0 bridgehead atoms. The maximum absolute atomic E-state index is 14.2. The summed E-state index contributed by atoms with van der Waals surface area (Å²) >= 11 is 0. The minimum absolute atomic E-state index is 0.197. The van der Waals surface area contributed by atoms with Crippen LogP contribution in [0, 0.1) is 5.82 Å². The van der Waals surface area contributed by atoms with Crippen LogP contribution < -0.4 is 10.1 Å². The number of alkyl halides is 3. The van der Waals surface area contributed by atoms with E-state index in [1.54, 1.807) is 10.7 Å². The van der Waals surface area contributed by atoms with Crippen molar-refractivity contribution in [1.29, 1.82) is 0 Å². The number of amides is 1. The van der Waals surface area contributed by atoms with Gasteiger partial charge in [0.2, 0.25) is 5.88 Å². The fourth-order valence-corrected chi connectivity index (χ4v) is 3.12. The summed E-state index contributed by atoms with van der Waals surface area (Å²) in [5, 5.41) is 7.05. The van der Waals surface area contributed by atoms with Gasteiger partial charge in [-0.2, -0.15) is 18.3 Å². The molecule has 0 aliphatic carbocycles. The second-order valence-electron chi connectivity index (χ2n) is 6.48. The number of hydrogen-bond donors (Lipinski definition) is 1. The van der Waals surface area contributed by atoms with Crippen molar-refractivity contribution < 1.29 is 27.1 Å². The zero-order valence-electron chi connectivity index (χ0n) is 15.4. The molecular formula is C18H14F4N6O2. The number of ether oxygens (including phenoxy) is 1. The van der Waals surface area contributed by atoms with E-state index in [0.29, 0.717) is 30.6 Å². The summed E-state index contributed by atoms with van der Waals surface area (Å²) in [6.45, 7) is 0.475. The highest BCUT2D eigenvalue weighted by molar-refractivity contribution is 5.92. The Bertz CT molecular complexity index is 1100. The largest absolute Gasteiger partial charge is 0.481 e. The monoisotopic (exact) mass is 422 g/mol. The average molecular weight is 422 g/mol. The second-order valence-corrected chi connectivity index (χ2v) is 6.48. The Labute approximate surface area is 166 Å². The van der Waals surface area contributed by atoms with Gasteiger partial charge in [0.05, 0.1) is 43.1 Å². The molecule has 3 aromatic heterocycles. The number of carbonyl (C=O) groups excluding carboxylic acids is 1. The molecular weight excluding hydrogens is 408 g/mol. The lowest BCUT2D eigenvalue weighted by atomic mass is 10.1. The van der Waals surface area contributed by atoms with Crippen molar-refractivity contribution in [1.82, 2.24) is 30.0 Å². The Hall–Kier alpha value is -3.57. The molecule has 1 amide bonds. The third kappa shape index (κ3) is 3.67. The molecule has 0 aromatic carbocycles. The minimum Gasteiger partial charge on any atom is -0.481 e. The lowest BCUT2D eigenvalue weighted by molar-refractivity contribution is -0.141. The van der Waals surface area contributed by atoms with Crippen molar-refractivity contribution in [3.63, 3.8) is 0 Å². The van der Waals surface area contributed by atoms with Gasteiger partial charge >= 0.3 is 6.18 Å². The summed E-state index contributed by atoms with van der Waals surface area (Å²) in [4.78, 5) is 22.9. The van der Waals surface area contributed by atoms with E-state index in [2.05, 4.69) is 25.4 Å². The van der Waals surface area contributed by atoms with Crippen molar-refractivity contribution in [2.24, 2.45) is 0 Å². The summed E-state index contributed by atoms with van der Waals surface area (Å²) in [7, 11) is 1.41. The van der Waals surface area contributed by atoms with Crippen LogP contribution in [0.25, 0.3) is 11.3 Å². The van der Waals surface area contributed by atoms with Crippen LogP contribution in [0.1, 0.15) is 34.3 Å². The number of nitrogens with one attached hydrogen (secondary N) is 1. The first-order valence-electron chi connectivity index (χ1n) is 8.74. The predicted octanol–water partition coefficient (Wildman–Crippen LogP) is 2.78. The van der Waals surface area contributed by atoms with E-state index in [0.717, 1.165) is 12.4 Å². The molecule has 1 aliphatic heterocycles. The smallest absolute Gasteiger partial charge is 0.434 e. The highest BCUT2D eigenvalue weighted by Gasteiger charge is 2.33. The van der Waals surface area contributed by atoms with E-state index in [4.69, 9.17) is 4.74 Å². The predicted molar refractivity (Wildman–Crippen MR) is 93.8 cm³/mol. The SMILES string of the molecule is COc1cc(-c2cc3n(n2)CC[C@@H]3NC(=O)c2cnc(C(F)(F)F)cn2)c(F)cn1. The van der Waals surface area contributed by atoms with Gasteiger partial charge in [-0.05, 0) is 12.5 Å². The van der Waals surface area contributed by atoms with Gasteiger partial charge in [0.15, 0.2) is 11.5 Å². The third-order valence-electron chi connectivity index (χ3n) is 4.59. The highest BCUT2D eigenvalue weighted by Crippen LogP contribution is 2.32. The average Bonchev–Trinajstić information content (AvgIpc) is 3.29. The normalized spacial score (nSPS) is 15.7. The van der Waals surface area contributed by atoms with Crippen LogP contribution in [0.2, 0.25) is 0 Å². The number of fused-ring (bicyclic) bond motifs is 1. The first-order chi connectivity index (χ1) is 14.3. The third-order valence-corrected chi connectivity index (χ3v) is 4.59. The van der Waals surface area contributed by atoms with E-state index in [9.17, 15) is 22.4 Å². The van der Waals surface area contributed by atoms with Crippen molar-refractivity contribution in [3.8, 4) is 17.1 Å². The molecule has 0 fully saturated rings. The Morgan fingerprint density at radius 3 is 2.67 bits per heavy atom. The number of carbonyl (C=O) groups is 1. The fraction of sp³-hybridized carbons (Fsp3) is 0.278. The standard InChI is InChI=1S/C18H14F4N6O2/c1-30-16-4-9(10(19)6-25-16)12-5-14-11(2-3-28(14)27-12)26-17(29)13-7-24-15(8-23-13)18(20,21)22/h4-8,11H,2-3H2,1H3,(H,26,29)/t11-/m0/s1. The van der Waals surface area contributed by atoms with Crippen molar-refractivity contribution in [2.45, 2.75) is 25.2 Å². The molecule has 12 heteroatoms. The van der Waals surface area contributed by atoms with Crippen LogP contribution >= 0.6 is 0 Å². The molecule has 0 unspecified atom stereocenters. The van der Waals surface area contributed by atoms with Gasteiger partial charge in [-0.3, -0.25) is 9.48 Å². The first kappa shape index (κ1) is 19.7. The van der Waals surface area contributed by atoms with Crippen LogP contribution in [-0.2, 0) is 12.7 Å². The number of pyridine rings is 1. The number of rotatable bonds is 4. The van der Waals surface area contributed by atoms with E-state index in [1.165, 1.54) is 13.2 Å². The maximum atomic E-state index is 14.2.